The Morgan fingerprint density at radius 3 is 2.10 bits per heavy atom. The van der Waals surface area contributed by atoms with Crippen molar-refractivity contribution in [3.8, 4) is 17.2 Å². The van der Waals surface area contributed by atoms with E-state index < -0.39 is 10.8 Å². The van der Waals surface area contributed by atoms with Crippen LogP contribution in [0.1, 0.15) is 12.5 Å². The maximum Gasteiger partial charge on any atom is 0.203 e. The summed E-state index contributed by atoms with van der Waals surface area (Å²) < 4.78 is 27.2. The molecule has 2 unspecified atom stereocenters. The van der Waals surface area contributed by atoms with Gasteiger partial charge in [-0.15, -0.1) is 0 Å². The van der Waals surface area contributed by atoms with Crippen molar-refractivity contribution in [2.24, 2.45) is 0 Å². The Kier molecular flexibility index (Phi) is 6.81. The molecule has 0 aliphatic carbocycles. The molecule has 0 heterocycles. The molecule has 0 saturated carbocycles. The van der Waals surface area contributed by atoms with E-state index in [2.05, 4.69) is 5.32 Å². The van der Waals surface area contributed by atoms with Gasteiger partial charge in [0.25, 0.3) is 0 Å². The molecule has 0 amide bonds. The summed E-state index contributed by atoms with van der Waals surface area (Å²) >= 11 is 0. The van der Waals surface area contributed by atoms with E-state index in [0.717, 1.165) is 5.56 Å². The van der Waals surface area contributed by atoms with E-state index in [4.69, 9.17) is 14.2 Å². The summed E-state index contributed by atoms with van der Waals surface area (Å²) in [6, 6.07) is 3.81. The van der Waals surface area contributed by atoms with Crippen LogP contribution in [-0.4, -0.2) is 43.6 Å². The van der Waals surface area contributed by atoms with Crippen molar-refractivity contribution >= 4 is 10.8 Å². The molecule has 0 bridgehead atoms. The Balaban J connectivity index is 2.78. The predicted molar refractivity (Wildman–Crippen MR) is 81.3 cm³/mol. The largest absolute Gasteiger partial charge is 0.493 e. The molecule has 1 rings (SSSR count). The molecule has 5 nitrogen and oxygen atoms in total. The molecule has 0 spiro atoms. The zero-order valence-corrected chi connectivity index (χ0v) is 13.5. The lowest BCUT2D eigenvalue weighted by Gasteiger charge is -2.15. The van der Waals surface area contributed by atoms with Crippen molar-refractivity contribution in [2.45, 2.75) is 18.7 Å². The number of nitrogens with one attached hydrogen (secondary N) is 1. The molecular formula is C14H23NO4S. The third kappa shape index (κ3) is 4.38. The van der Waals surface area contributed by atoms with Crippen LogP contribution in [0.2, 0.25) is 0 Å². The fourth-order valence-corrected chi connectivity index (χ4v) is 2.13. The van der Waals surface area contributed by atoms with Gasteiger partial charge in [-0.2, -0.15) is 0 Å². The van der Waals surface area contributed by atoms with Gasteiger partial charge in [0.1, 0.15) is 0 Å². The van der Waals surface area contributed by atoms with Crippen LogP contribution in [0.5, 0.6) is 17.2 Å². The van der Waals surface area contributed by atoms with Crippen LogP contribution in [0.4, 0.5) is 0 Å². The maximum atomic E-state index is 11.3. The highest BCUT2D eigenvalue weighted by molar-refractivity contribution is 7.84. The van der Waals surface area contributed by atoms with E-state index >= 15 is 0 Å². The van der Waals surface area contributed by atoms with E-state index in [-0.39, 0.29) is 5.25 Å². The van der Waals surface area contributed by atoms with Gasteiger partial charge in [-0.3, -0.25) is 4.21 Å². The number of rotatable bonds is 8. The Morgan fingerprint density at radius 1 is 1.15 bits per heavy atom. The first-order chi connectivity index (χ1) is 9.53. The average molecular weight is 301 g/mol. The highest BCUT2D eigenvalue weighted by Gasteiger charge is 2.13. The fourth-order valence-electron chi connectivity index (χ4n) is 1.77. The minimum absolute atomic E-state index is 0.122. The molecule has 2 atom stereocenters. The third-order valence-electron chi connectivity index (χ3n) is 3.05. The van der Waals surface area contributed by atoms with Gasteiger partial charge in [0.2, 0.25) is 5.75 Å². The van der Waals surface area contributed by atoms with Crippen molar-refractivity contribution < 1.29 is 18.4 Å². The van der Waals surface area contributed by atoms with Gasteiger partial charge >= 0.3 is 0 Å². The Bertz CT molecular complexity index is 439. The molecule has 0 radical (unpaired) electrons. The van der Waals surface area contributed by atoms with Gasteiger partial charge in [-0.1, -0.05) is 0 Å². The number of benzene rings is 1. The molecule has 0 aliphatic heterocycles. The second-order valence-electron chi connectivity index (χ2n) is 4.47. The van der Waals surface area contributed by atoms with E-state index in [9.17, 15) is 4.21 Å². The first kappa shape index (κ1) is 16.8. The maximum absolute atomic E-state index is 11.3. The van der Waals surface area contributed by atoms with Crippen molar-refractivity contribution in [3.05, 3.63) is 17.7 Å². The van der Waals surface area contributed by atoms with Crippen molar-refractivity contribution in [2.75, 3.05) is 34.1 Å². The quantitative estimate of drug-likeness (QED) is 0.790. The second kappa shape index (κ2) is 8.11. The molecule has 20 heavy (non-hydrogen) atoms. The summed E-state index contributed by atoms with van der Waals surface area (Å²) in [6.07, 6.45) is 1.71. The standard InChI is InChI=1S/C14H23NO4S/c1-10(20(5)16)8-15-9-11-6-12(17-2)14(19-4)13(7-11)18-3/h6-7,10,15H,8-9H2,1-5H3. The molecule has 0 aliphatic rings. The molecular weight excluding hydrogens is 278 g/mol. The van der Waals surface area contributed by atoms with E-state index in [1.807, 2.05) is 19.1 Å². The molecule has 0 fully saturated rings. The molecule has 1 aromatic rings. The second-order valence-corrected chi connectivity index (χ2v) is 6.28. The molecule has 6 heteroatoms. The summed E-state index contributed by atoms with van der Waals surface area (Å²) in [5.41, 5.74) is 1.02. The summed E-state index contributed by atoms with van der Waals surface area (Å²) in [7, 11) is 3.95. The topological polar surface area (TPSA) is 56.8 Å². The summed E-state index contributed by atoms with van der Waals surface area (Å²) in [6.45, 7) is 3.30. The SMILES string of the molecule is COc1cc(CNCC(C)S(C)=O)cc(OC)c1OC. The van der Waals surface area contributed by atoms with Crippen LogP contribution in [0, 0.1) is 0 Å². The minimum Gasteiger partial charge on any atom is -0.493 e. The summed E-state index contributed by atoms with van der Waals surface area (Å²) in [5.74, 6) is 1.85. The van der Waals surface area contributed by atoms with Gasteiger partial charge in [0.05, 0.1) is 21.3 Å². The van der Waals surface area contributed by atoms with Gasteiger partial charge in [0, 0.05) is 35.4 Å². The number of hydrogen-bond donors (Lipinski definition) is 1. The lowest BCUT2D eigenvalue weighted by Crippen LogP contribution is -2.27. The number of hydrogen-bond acceptors (Lipinski definition) is 5. The van der Waals surface area contributed by atoms with Crippen molar-refractivity contribution in [3.63, 3.8) is 0 Å². The van der Waals surface area contributed by atoms with Gasteiger partial charge in [0.15, 0.2) is 11.5 Å². The Morgan fingerprint density at radius 2 is 1.70 bits per heavy atom. The van der Waals surface area contributed by atoms with E-state index in [1.165, 1.54) is 0 Å². The van der Waals surface area contributed by atoms with Crippen LogP contribution in [-0.2, 0) is 17.3 Å². The van der Waals surface area contributed by atoms with Crippen LogP contribution < -0.4 is 19.5 Å². The molecule has 1 aromatic carbocycles. The molecule has 0 aromatic heterocycles. The predicted octanol–water partition coefficient (Wildman–Crippen LogP) is 1.57. The third-order valence-corrected chi connectivity index (χ3v) is 4.35. The smallest absolute Gasteiger partial charge is 0.203 e. The van der Waals surface area contributed by atoms with Gasteiger partial charge in [-0.25, -0.2) is 0 Å². The highest BCUT2D eigenvalue weighted by atomic mass is 32.2. The zero-order valence-electron chi connectivity index (χ0n) is 12.7. The molecule has 0 saturated heterocycles. The van der Waals surface area contributed by atoms with Crippen LogP contribution in [0.3, 0.4) is 0 Å². The van der Waals surface area contributed by atoms with Crippen LogP contribution in [0.15, 0.2) is 12.1 Å². The van der Waals surface area contributed by atoms with Crippen molar-refractivity contribution in [1.29, 1.82) is 0 Å². The van der Waals surface area contributed by atoms with Crippen LogP contribution >= 0.6 is 0 Å². The Labute approximate surface area is 123 Å². The normalized spacial score (nSPS) is 13.7. The Hall–Kier alpha value is -1.27. The lowest BCUT2D eigenvalue weighted by atomic mass is 10.1. The molecule has 1 N–H and O–H groups in total. The van der Waals surface area contributed by atoms with Gasteiger partial charge in [-0.05, 0) is 24.6 Å². The monoisotopic (exact) mass is 301 g/mol. The zero-order chi connectivity index (χ0) is 15.1. The molecule has 114 valence electrons. The fraction of sp³-hybridized carbons (Fsp3) is 0.571. The van der Waals surface area contributed by atoms with Crippen LogP contribution in [0.25, 0.3) is 0 Å². The van der Waals surface area contributed by atoms with E-state index in [1.54, 1.807) is 27.6 Å². The summed E-state index contributed by atoms with van der Waals surface area (Å²) in [4.78, 5) is 0. The highest BCUT2D eigenvalue weighted by Crippen LogP contribution is 2.38. The first-order valence-electron chi connectivity index (χ1n) is 6.35. The van der Waals surface area contributed by atoms with Gasteiger partial charge < -0.3 is 19.5 Å². The minimum atomic E-state index is -0.817. The first-order valence-corrected chi connectivity index (χ1v) is 7.97. The summed E-state index contributed by atoms with van der Waals surface area (Å²) in [5, 5.41) is 3.40. The lowest BCUT2D eigenvalue weighted by molar-refractivity contribution is 0.323. The van der Waals surface area contributed by atoms with Crippen molar-refractivity contribution in [1.82, 2.24) is 5.32 Å². The number of methoxy groups -OCH3 is 3. The number of ether oxygens (including phenoxy) is 3. The van der Waals surface area contributed by atoms with E-state index in [0.29, 0.717) is 30.3 Å². The average Bonchev–Trinajstić information content (AvgIpc) is 2.45.